The van der Waals surface area contributed by atoms with Gasteiger partial charge in [-0.1, -0.05) is 13.0 Å². The number of hydrogen-bond donors (Lipinski definition) is 2. The van der Waals surface area contributed by atoms with Crippen LogP contribution in [0.4, 0.5) is 10.1 Å². The molecule has 3 N–H and O–H groups in total. The summed E-state index contributed by atoms with van der Waals surface area (Å²) in [6.45, 7) is 2.69. The Morgan fingerprint density at radius 3 is 2.86 bits per heavy atom. The number of halogens is 1. The number of nitrogens with zero attached hydrogens (tertiary/aromatic N) is 1. The second-order valence-electron chi connectivity index (χ2n) is 4.74. The van der Waals surface area contributed by atoms with Crippen LogP contribution in [0.2, 0.25) is 0 Å². The molecule has 1 aromatic carbocycles. The molecule has 112 valence electrons. The number of aromatic nitrogens is 1. The molecule has 0 aliphatic carbocycles. The summed E-state index contributed by atoms with van der Waals surface area (Å²) < 4.78 is 19.5. The third-order valence-electron chi connectivity index (χ3n) is 3.40. The molecule has 1 atom stereocenters. The molecule has 5 heteroatoms. The molecule has 1 heterocycles. The zero-order valence-corrected chi connectivity index (χ0v) is 12.3. The Morgan fingerprint density at radius 2 is 2.19 bits per heavy atom. The standard InChI is InChI=1S/C16H20FN3O/c1-3-20-14(9-11-10-19-8-7-13(11)18)16-12(17)5-4-6-15(16)21-2/h4-8,10,14,20H,3,9H2,1-2H3,(H2,18,19). The molecular weight excluding hydrogens is 269 g/mol. The summed E-state index contributed by atoms with van der Waals surface area (Å²) in [4.78, 5) is 4.08. The van der Waals surface area contributed by atoms with Crippen LogP contribution >= 0.6 is 0 Å². The molecular formula is C16H20FN3O. The summed E-state index contributed by atoms with van der Waals surface area (Å²) >= 11 is 0. The molecule has 0 fully saturated rings. The molecule has 0 amide bonds. The van der Waals surface area contributed by atoms with Gasteiger partial charge in [-0.15, -0.1) is 0 Å². The summed E-state index contributed by atoms with van der Waals surface area (Å²) in [5.41, 5.74) is 8.02. The van der Waals surface area contributed by atoms with Crippen molar-refractivity contribution in [3.8, 4) is 5.75 Å². The normalized spacial score (nSPS) is 12.1. The maximum atomic E-state index is 14.2. The Kier molecular flexibility index (Phi) is 5.11. The minimum atomic E-state index is -0.289. The third kappa shape index (κ3) is 3.49. The highest BCUT2D eigenvalue weighted by atomic mass is 19.1. The number of nitrogen functional groups attached to an aromatic ring is 1. The number of hydrogen-bond acceptors (Lipinski definition) is 4. The molecule has 0 aliphatic heterocycles. The van der Waals surface area contributed by atoms with Gasteiger partial charge >= 0.3 is 0 Å². The molecule has 1 aromatic heterocycles. The van der Waals surface area contributed by atoms with Crippen LogP contribution in [0.3, 0.4) is 0 Å². The highest BCUT2D eigenvalue weighted by molar-refractivity contribution is 5.46. The number of anilines is 1. The Hall–Kier alpha value is -2.14. The quantitative estimate of drug-likeness (QED) is 0.858. The van der Waals surface area contributed by atoms with Gasteiger partial charge in [-0.3, -0.25) is 4.98 Å². The molecule has 0 spiro atoms. The van der Waals surface area contributed by atoms with Crippen LogP contribution in [0.5, 0.6) is 5.75 Å². The predicted octanol–water partition coefficient (Wildman–Crippen LogP) is 2.70. The van der Waals surface area contributed by atoms with E-state index >= 15 is 0 Å². The molecule has 0 saturated carbocycles. The number of ether oxygens (including phenoxy) is 1. The van der Waals surface area contributed by atoms with Gasteiger partial charge in [-0.2, -0.15) is 0 Å². The first-order valence-electron chi connectivity index (χ1n) is 6.91. The van der Waals surface area contributed by atoms with Crippen molar-refractivity contribution in [1.82, 2.24) is 10.3 Å². The Bertz CT molecular complexity index is 604. The highest BCUT2D eigenvalue weighted by Gasteiger charge is 2.21. The lowest BCUT2D eigenvalue weighted by molar-refractivity contribution is 0.390. The molecule has 0 saturated heterocycles. The fourth-order valence-electron chi connectivity index (χ4n) is 2.38. The number of pyridine rings is 1. The van der Waals surface area contributed by atoms with Crippen LogP contribution in [0.1, 0.15) is 24.1 Å². The van der Waals surface area contributed by atoms with Gasteiger partial charge in [0, 0.05) is 29.7 Å². The second-order valence-corrected chi connectivity index (χ2v) is 4.74. The van der Waals surface area contributed by atoms with E-state index < -0.39 is 0 Å². The third-order valence-corrected chi connectivity index (χ3v) is 3.40. The van der Waals surface area contributed by atoms with Crippen molar-refractivity contribution in [2.24, 2.45) is 0 Å². The van der Waals surface area contributed by atoms with Crippen LogP contribution in [0.15, 0.2) is 36.7 Å². The van der Waals surface area contributed by atoms with Gasteiger partial charge in [0.2, 0.25) is 0 Å². The molecule has 4 nitrogen and oxygen atoms in total. The molecule has 0 radical (unpaired) electrons. The van der Waals surface area contributed by atoms with Gasteiger partial charge < -0.3 is 15.8 Å². The first-order valence-corrected chi connectivity index (χ1v) is 6.91. The Labute approximate surface area is 124 Å². The fourth-order valence-corrected chi connectivity index (χ4v) is 2.38. The smallest absolute Gasteiger partial charge is 0.131 e. The van der Waals surface area contributed by atoms with E-state index in [1.54, 1.807) is 37.7 Å². The van der Waals surface area contributed by atoms with Crippen molar-refractivity contribution < 1.29 is 9.13 Å². The fraction of sp³-hybridized carbons (Fsp3) is 0.312. The lowest BCUT2D eigenvalue weighted by Crippen LogP contribution is -2.25. The average Bonchev–Trinajstić information content (AvgIpc) is 2.48. The van der Waals surface area contributed by atoms with Crippen LogP contribution < -0.4 is 15.8 Å². The summed E-state index contributed by atoms with van der Waals surface area (Å²) in [6.07, 6.45) is 3.91. The first-order chi connectivity index (χ1) is 10.2. The van der Waals surface area contributed by atoms with E-state index in [1.165, 1.54) is 6.07 Å². The van der Waals surface area contributed by atoms with Crippen LogP contribution in [-0.2, 0) is 6.42 Å². The van der Waals surface area contributed by atoms with E-state index in [0.717, 1.165) is 5.56 Å². The number of nitrogens with two attached hydrogens (primary N) is 1. The van der Waals surface area contributed by atoms with Gasteiger partial charge in [0.15, 0.2) is 0 Å². The van der Waals surface area contributed by atoms with Crippen molar-refractivity contribution >= 4 is 5.69 Å². The van der Waals surface area contributed by atoms with E-state index in [0.29, 0.717) is 30.0 Å². The maximum absolute atomic E-state index is 14.2. The van der Waals surface area contributed by atoms with E-state index in [-0.39, 0.29) is 11.9 Å². The van der Waals surface area contributed by atoms with E-state index in [4.69, 9.17) is 10.5 Å². The Morgan fingerprint density at radius 1 is 1.38 bits per heavy atom. The number of nitrogens with one attached hydrogen (secondary N) is 1. The molecule has 0 aliphatic rings. The van der Waals surface area contributed by atoms with Crippen molar-refractivity contribution in [2.45, 2.75) is 19.4 Å². The Balaban J connectivity index is 2.38. The van der Waals surface area contributed by atoms with Crippen LogP contribution in [-0.4, -0.2) is 18.6 Å². The van der Waals surface area contributed by atoms with Gasteiger partial charge in [-0.05, 0) is 36.7 Å². The van der Waals surface area contributed by atoms with Crippen molar-refractivity contribution in [3.63, 3.8) is 0 Å². The van der Waals surface area contributed by atoms with E-state index in [2.05, 4.69) is 10.3 Å². The molecule has 21 heavy (non-hydrogen) atoms. The predicted molar refractivity (Wildman–Crippen MR) is 81.7 cm³/mol. The number of benzene rings is 1. The van der Waals surface area contributed by atoms with Crippen LogP contribution in [0.25, 0.3) is 0 Å². The number of likely N-dealkylation sites (N-methyl/N-ethyl adjacent to an activating group) is 1. The maximum Gasteiger partial charge on any atom is 0.131 e. The molecule has 2 aromatic rings. The van der Waals surface area contributed by atoms with Gasteiger partial charge in [0.25, 0.3) is 0 Å². The monoisotopic (exact) mass is 289 g/mol. The summed E-state index contributed by atoms with van der Waals surface area (Å²) in [5, 5.41) is 3.29. The lowest BCUT2D eigenvalue weighted by atomic mass is 9.97. The van der Waals surface area contributed by atoms with Crippen LogP contribution in [0, 0.1) is 5.82 Å². The van der Waals surface area contributed by atoms with Crippen molar-refractivity contribution in [2.75, 3.05) is 19.4 Å². The van der Waals surface area contributed by atoms with Crippen molar-refractivity contribution in [1.29, 1.82) is 0 Å². The highest BCUT2D eigenvalue weighted by Crippen LogP contribution is 2.31. The van der Waals surface area contributed by atoms with Gasteiger partial charge in [-0.25, -0.2) is 4.39 Å². The summed E-state index contributed by atoms with van der Waals surface area (Å²) in [5.74, 6) is 0.242. The molecule has 1 unspecified atom stereocenters. The molecule has 0 bridgehead atoms. The lowest BCUT2D eigenvalue weighted by Gasteiger charge is -2.22. The zero-order valence-electron chi connectivity index (χ0n) is 12.3. The summed E-state index contributed by atoms with van der Waals surface area (Å²) in [6, 6.07) is 6.36. The van der Waals surface area contributed by atoms with Crippen molar-refractivity contribution in [3.05, 3.63) is 53.6 Å². The second kappa shape index (κ2) is 7.04. The zero-order chi connectivity index (χ0) is 15.2. The molecule has 2 rings (SSSR count). The topological polar surface area (TPSA) is 60.2 Å². The number of methoxy groups -OCH3 is 1. The van der Waals surface area contributed by atoms with Gasteiger partial charge in [0.1, 0.15) is 11.6 Å². The first kappa shape index (κ1) is 15.3. The largest absolute Gasteiger partial charge is 0.496 e. The SMILES string of the molecule is CCNC(Cc1cnccc1N)c1c(F)cccc1OC. The summed E-state index contributed by atoms with van der Waals surface area (Å²) in [7, 11) is 1.54. The van der Waals surface area contributed by atoms with E-state index in [1.807, 2.05) is 6.92 Å². The van der Waals surface area contributed by atoms with E-state index in [9.17, 15) is 4.39 Å². The van der Waals surface area contributed by atoms with Gasteiger partial charge in [0.05, 0.1) is 7.11 Å². The minimum Gasteiger partial charge on any atom is -0.496 e. The minimum absolute atomic E-state index is 0.224. The number of rotatable bonds is 6. The average molecular weight is 289 g/mol.